The van der Waals surface area contributed by atoms with Gasteiger partial charge in [-0.15, -0.1) is 12.4 Å². The Hall–Kier alpha value is -1.11. The molecule has 1 rings (SSSR count). The number of carbonyl (C=O) groups is 2. The van der Waals surface area contributed by atoms with Gasteiger partial charge in [0.25, 0.3) is 0 Å². The zero-order valence-electron chi connectivity index (χ0n) is 12.2. The third-order valence-corrected chi connectivity index (χ3v) is 3.76. The highest BCUT2D eigenvalue weighted by molar-refractivity contribution is 9.10. The van der Waals surface area contributed by atoms with Crippen LogP contribution in [0.5, 0.6) is 0 Å². The van der Waals surface area contributed by atoms with Gasteiger partial charge in [0, 0.05) is 11.0 Å². The Kier molecular flexibility index (Phi) is 8.54. The van der Waals surface area contributed by atoms with Crippen LogP contribution in [0.15, 0.2) is 22.7 Å². The molecule has 1 aromatic rings. The number of likely N-dealkylation sites (N-methyl/N-ethyl adjacent to an activating group) is 1. The van der Waals surface area contributed by atoms with Gasteiger partial charge in [-0.25, -0.2) is 0 Å². The third kappa shape index (κ3) is 6.46. The smallest absolute Gasteiger partial charge is 0.304 e. The summed E-state index contributed by atoms with van der Waals surface area (Å²) in [5.41, 5.74) is 1.81. The average molecular weight is 380 g/mol. The fraction of sp³-hybridized carbons (Fsp3) is 0.429. The summed E-state index contributed by atoms with van der Waals surface area (Å²) in [5.74, 6) is -1.03. The van der Waals surface area contributed by atoms with Crippen LogP contribution < -0.4 is 5.32 Å². The summed E-state index contributed by atoms with van der Waals surface area (Å²) >= 11 is 3.41. The summed E-state index contributed by atoms with van der Waals surface area (Å²) in [5, 5.41) is 11.5. The number of hydrogen-bond donors (Lipinski definition) is 2. The van der Waals surface area contributed by atoms with Crippen LogP contribution in [0, 0.1) is 6.92 Å². The van der Waals surface area contributed by atoms with E-state index in [0.29, 0.717) is 12.2 Å². The number of aliphatic carboxylic acids is 1. The number of benzene rings is 1. The number of hydrogen-bond acceptors (Lipinski definition) is 3. The van der Waals surface area contributed by atoms with Gasteiger partial charge in [0.2, 0.25) is 5.91 Å². The average Bonchev–Trinajstić information content (AvgIpc) is 2.38. The molecule has 1 atom stereocenters. The summed E-state index contributed by atoms with van der Waals surface area (Å²) in [6.45, 7) is 4.05. The number of carboxylic acid groups (broad SMARTS) is 1. The standard InChI is InChI=1S/C14H19BrN2O3.ClH/c1-9-4-5-12(11(15)8-9)16-14(20)10(2)17(3)7-6-13(18)19;/h4-5,8,10H,6-7H2,1-3H3,(H,16,20)(H,18,19);1H. The van der Waals surface area contributed by atoms with Crippen molar-refractivity contribution in [3.8, 4) is 0 Å². The zero-order chi connectivity index (χ0) is 15.3. The van der Waals surface area contributed by atoms with Gasteiger partial charge in [-0.2, -0.15) is 0 Å². The lowest BCUT2D eigenvalue weighted by molar-refractivity contribution is -0.137. The van der Waals surface area contributed by atoms with Crippen LogP contribution in [0.2, 0.25) is 0 Å². The maximum Gasteiger partial charge on any atom is 0.304 e. The van der Waals surface area contributed by atoms with Gasteiger partial charge in [-0.1, -0.05) is 6.07 Å². The quantitative estimate of drug-likeness (QED) is 0.797. The predicted octanol–water partition coefficient (Wildman–Crippen LogP) is 2.91. The van der Waals surface area contributed by atoms with Crippen LogP contribution in [0.25, 0.3) is 0 Å². The second-order valence-electron chi connectivity index (χ2n) is 4.77. The van der Waals surface area contributed by atoms with Gasteiger partial charge >= 0.3 is 5.97 Å². The van der Waals surface area contributed by atoms with Crippen molar-refractivity contribution in [1.29, 1.82) is 0 Å². The van der Waals surface area contributed by atoms with Gasteiger partial charge in [0.15, 0.2) is 0 Å². The van der Waals surface area contributed by atoms with E-state index in [4.69, 9.17) is 5.11 Å². The molecule has 7 heteroatoms. The van der Waals surface area contributed by atoms with Gasteiger partial charge in [0.05, 0.1) is 18.2 Å². The van der Waals surface area contributed by atoms with Crippen molar-refractivity contribution < 1.29 is 14.7 Å². The highest BCUT2D eigenvalue weighted by atomic mass is 79.9. The molecule has 0 radical (unpaired) electrons. The first-order valence-corrected chi connectivity index (χ1v) is 7.09. The van der Waals surface area contributed by atoms with Gasteiger partial charge in [0.1, 0.15) is 0 Å². The second-order valence-corrected chi connectivity index (χ2v) is 5.63. The Balaban J connectivity index is 0.00000400. The first-order chi connectivity index (χ1) is 9.31. The lowest BCUT2D eigenvalue weighted by Gasteiger charge is -2.23. The summed E-state index contributed by atoms with van der Waals surface area (Å²) in [4.78, 5) is 24.4. The van der Waals surface area contributed by atoms with Crippen molar-refractivity contribution in [2.45, 2.75) is 26.3 Å². The number of carboxylic acids is 1. The SMILES string of the molecule is Cc1ccc(NC(=O)C(C)N(C)CCC(=O)O)c(Br)c1.Cl. The molecule has 5 nitrogen and oxygen atoms in total. The Morgan fingerprint density at radius 1 is 1.43 bits per heavy atom. The Morgan fingerprint density at radius 3 is 2.57 bits per heavy atom. The maximum atomic E-state index is 12.1. The molecule has 0 fully saturated rings. The van der Waals surface area contributed by atoms with E-state index >= 15 is 0 Å². The molecule has 0 aliphatic carbocycles. The minimum atomic E-state index is -0.870. The number of amides is 1. The molecular weight excluding hydrogens is 360 g/mol. The maximum absolute atomic E-state index is 12.1. The lowest BCUT2D eigenvalue weighted by atomic mass is 10.2. The molecule has 0 aliphatic heterocycles. The molecule has 0 saturated heterocycles. The van der Waals surface area contributed by atoms with Gasteiger partial charge in [-0.05, 0) is 54.5 Å². The van der Waals surface area contributed by atoms with Gasteiger partial charge in [-0.3, -0.25) is 14.5 Å². The Labute approximate surface area is 139 Å². The van der Waals surface area contributed by atoms with Crippen molar-refractivity contribution in [2.24, 2.45) is 0 Å². The van der Waals surface area contributed by atoms with Crippen LogP contribution in [-0.2, 0) is 9.59 Å². The fourth-order valence-electron chi connectivity index (χ4n) is 1.62. The molecule has 0 aromatic heterocycles. The summed E-state index contributed by atoms with van der Waals surface area (Å²) < 4.78 is 0.825. The van der Waals surface area contributed by atoms with Crippen LogP contribution in [0.4, 0.5) is 5.69 Å². The van der Waals surface area contributed by atoms with Crippen molar-refractivity contribution in [2.75, 3.05) is 18.9 Å². The van der Waals surface area contributed by atoms with E-state index in [9.17, 15) is 9.59 Å². The first kappa shape index (κ1) is 19.9. The molecule has 1 unspecified atom stereocenters. The predicted molar refractivity (Wildman–Crippen MR) is 89.1 cm³/mol. The largest absolute Gasteiger partial charge is 0.481 e. The lowest BCUT2D eigenvalue weighted by Crippen LogP contribution is -2.40. The topological polar surface area (TPSA) is 69.6 Å². The van der Waals surface area contributed by atoms with Crippen molar-refractivity contribution in [3.05, 3.63) is 28.2 Å². The monoisotopic (exact) mass is 378 g/mol. The number of anilines is 1. The van der Waals surface area contributed by atoms with E-state index in [1.807, 2.05) is 25.1 Å². The molecule has 0 saturated carbocycles. The van der Waals surface area contributed by atoms with Crippen LogP contribution in [-0.4, -0.2) is 41.5 Å². The summed E-state index contributed by atoms with van der Waals surface area (Å²) in [6.07, 6.45) is 0.0162. The summed E-state index contributed by atoms with van der Waals surface area (Å²) in [7, 11) is 1.73. The Bertz CT molecular complexity index is 511. The third-order valence-electron chi connectivity index (χ3n) is 3.10. The number of aryl methyl sites for hydroxylation is 1. The van der Waals surface area contributed by atoms with E-state index in [1.165, 1.54) is 0 Å². The van der Waals surface area contributed by atoms with E-state index in [-0.39, 0.29) is 24.7 Å². The first-order valence-electron chi connectivity index (χ1n) is 6.30. The number of carbonyl (C=O) groups excluding carboxylic acids is 1. The zero-order valence-corrected chi connectivity index (χ0v) is 14.6. The molecule has 0 heterocycles. The minimum absolute atomic E-state index is 0. The van der Waals surface area contributed by atoms with Crippen molar-refractivity contribution in [1.82, 2.24) is 4.90 Å². The number of nitrogens with one attached hydrogen (secondary N) is 1. The number of rotatable bonds is 6. The van der Waals surface area contributed by atoms with Crippen LogP contribution in [0.1, 0.15) is 18.9 Å². The molecule has 118 valence electrons. The van der Waals surface area contributed by atoms with Crippen molar-refractivity contribution in [3.63, 3.8) is 0 Å². The van der Waals surface area contributed by atoms with E-state index < -0.39 is 12.0 Å². The van der Waals surface area contributed by atoms with E-state index in [2.05, 4.69) is 21.2 Å². The van der Waals surface area contributed by atoms with E-state index in [0.717, 1.165) is 10.0 Å². The molecule has 21 heavy (non-hydrogen) atoms. The Morgan fingerprint density at radius 2 is 2.05 bits per heavy atom. The molecule has 1 amide bonds. The molecule has 0 aliphatic rings. The molecule has 1 aromatic carbocycles. The molecule has 0 bridgehead atoms. The molecular formula is C14H20BrClN2O3. The highest BCUT2D eigenvalue weighted by Crippen LogP contribution is 2.23. The fourth-order valence-corrected chi connectivity index (χ4v) is 2.22. The normalized spacial score (nSPS) is 11.7. The summed E-state index contributed by atoms with van der Waals surface area (Å²) in [6, 6.07) is 5.28. The number of nitrogens with zero attached hydrogens (tertiary/aromatic N) is 1. The van der Waals surface area contributed by atoms with Crippen molar-refractivity contribution >= 4 is 45.9 Å². The molecule has 2 N–H and O–H groups in total. The van der Waals surface area contributed by atoms with E-state index in [1.54, 1.807) is 18.9 Å². The second kappa shape index (κ2) is 9.02. The minimum Gasteiger partial charge on any atom is -0.481 e. The highest BCUT2D eigenvalue weighted by Gasteiger charge is 2.19. The van der Waals surface area contributed by atoms with Gasteiger partial charge < -0.3 is 10.4 Å². The number of halogens is 2. The molecule has 0 spiro atoms. The van der Waals surface area contributed by atoms with Crippen LogP contribution >= 0.6 is 28.3 Å². The van der Waals surface area contributed by atoms with Crippen LogP contribution in [0.3, 0.4) is 0 Å².